The van der Waals surface area contributed by atoms with Crippen LogP contribution < -0.4 is 10.2 Å². The van der Waals surface area contributed by atoms with Crippen molar-refractivity contribution in [3.63, 3.8) is 0 Å². The molecule has 2 fully saturated rings. The van der Waals surface area contributed by atoms with Gasteiger partial charge in [0.1, 0.15) is 17.7 Å². The van der Waals surface area contributed by atoms with E-state index in [1.807, 2.05) is 18.2 Å². The number of aliphatic carboxylic acids is 1. The molecule has 3 aromatic rings. The van der Waals surface area contributed by atoms with Crippen LogP contribution >= 0.6 is 0 Å². The molecule has 3 N–H and O–H groups in total. The molecule has 28 heavy (non-hydrogen) atoms. The van der Waals surface area contributed by atoms with Gasteiger partial charge in [-0.2, -0.15) is 10.1 Å². The highest BCUT2D eigenvalue weighted by Crippen LogP contribution is 2.47. The number of carboxylic acids is 1. The molecule has 0 aromatic carbocycles. The van der Waals surface area contributed by atoms with E-state index >= 15 is 0 Å². The van der Waals surface area contributed by atoms with E-state index in [4.69, 9.17) is 0 Å². The molecule has 2 atom stereocenters. The number of halogens is 1. The highest BCUT2D eigenvalue weighted by atomic mass is 19.1. The zero-order valence-electron chi connectivity index (χ0n) is 15.3. The van der Waals surface area contributed by atoms with Gasteiger partial charge < -0.3 is 15.3 Å². The van der Waals surface area contributed by atoms with E-state index < -0.39 is 18.2 Å². The summed E-state index contributed by atoms with van der Waals surface area (Å²) in [4.78, 5) is 17.4. The number of carboxylic acid groups (broad SMARTS) is 1. The number of carbonyl (C=O) groups is 1. The summed E-state index contributed by atoms with van der Waals surface area (Å²) in [5, 5.41) is 24.4. The molecule has 1 aliphatic carbocycles. The molecule has 5 rings (SSSR count). The number of hydrogen-bond acceptors (Lipinski definition) is 6. The zero-order valence-corrected chi connectivity index (χ0v) is 15.3. The van der Waals surface area contributed by atoms with Crippen LogP contribution in [-0.2, 0) is 10.2 Å². The third kappa shape index (κ3) is 2.76. The van der Waals surface area contributed by atoms with Crippen LogP contribution in [0.2, 0.25) is 0 Å². The van der Waals surface area contributed by atoms with E-state index in [1.165, 1.54) is 4.90 Å². The van der Waals surface area contributed by atoms with Crippen molar-refractivity contribution in [3.05, 3.63) is 30.1 Å². The number of H-pyrrole nitrogens is 1. The van der Waals surface area contributed by atoms with Crippen molar-refractivity contribution in [2.45, 2.75) is 43.8 Å². The standard InChI is InChI=1S/C18H20FN7O2/c1-18(4-5-18)13-8-14(23-22-13)20-15-11-3-2-6-26(11)24-17(21-15)25-9-10(19)7-12(25)16(27)28/h2-3,6,8,10,12H,4-5,7,9H2,1H3,(H,27,28)(H2,20,21,22,23,24)/t10-,12+/m1/s1. The smallest absolute Gasteiger partial charge is 0.326 e. The van der Waals surface area contributed by atoms with Gasteiger partial charge in [-0.3, -0.25) is 5.10 Å². The molecule has 146 valence electrons. The summed E-state index contributed by atoms with van der Waals surface area (Å²) in [6.45, 7) is 2.14. The first-order valence-corrected chi connectivity index (χ1v) is 9.25. The van der Waals surface area contributed by atoms with Crippen LogP contribution in [0.1, 0.15) is 31.9 Å². The maximum atomic E-state index is 13.9. The van der Waals surface area contributed by atoms with Gasteiger partial charge in [-0.15, -0.1) is 5.10 Å². The van der Waals surface area contributed by atoms with Crippen molar-refractivity contribution in [1.29, 1.82) is 0 Å². The van der Waals surface area contributed by atoms with E-state index in [0.29, 0.717) is 17.2 Å². The molecule has 1 saturated heterocycles. The Morgan fingerprint density at radius 1 is 1.46 bits per heavy atom. The van der Waals surface area contributed by atoms with Gasteiger partial charge in [-0.05, 0) is 25.0 Å². The van der Waals surface area contributed by atoms with Crippen LogP contribution in [0.4, 0.5) is 22.0 Å². The fraction of sp³-hybridized carbons (Fsp3) is 0.444. The van der Waals surface area contributed by atoms with E-state index in [2.05, 4.69) is 32.5 Å². The predicted molar refractivity (Wildman–Crippen MR) is 99.7 cm³/mol. The lowest BCUT2D eigenvalue weighted by Gasteiger charge is -2.21. The summed E-state index contributed by atoms with van der Waals surface area (Å²) in [6.07, 6.45) is 2.70. The van der Waals surface area contributed by atoms with Gasteiger partial charge in [0.2, 0.25) is 5.95 Å². The molecule has 0 bridgehead atoms. The molecule has 4 heterocycles. The van der Waals surface area contributed by atoms with E-state index in [-0.39, 0.29) is 24.3 Å². The Morgan fingerprint density at radius 3 is 3.04 bits per heavy atom. The number of rotatable bonds is 5. The second-order valence-corrected chi connectivity index (χ2v) is 7.79. The van der Waals surface area contributed by atoms with E-state index in [1.54, 1.807) is 10.7 Å². The SMILES string of the molecule is CC1(c2cc(Nc3nc(N4C[C@H](F)C[C@H]4C(=O)O)nn4cccc34)n[nH]2)CC1. The molecule has 0 unspecified atom stereocenters. The highest BCUT2D eigenvalue weighted by Gasteiger charge is 2.41. The van der Waals surface area contributed by atoms with Crippen molar-refractivity contribution in [2.75, 3.05) is 16.8 Å². The van der Waals surface area contributed by atoms with Gasteiger partial charge in [0, 0.05) is 29.8 Å². The lowest BCUT2D eigenvalue weighted by atomic mass is 10.1. The first kappa shape index (κ1) is 17.0. The number of nitrogens with zero attached hydrogens (tertiary/aromatic N) is 5. The van der Waals surface area contributed by atoms with Crippen LogP contribution in [0.15, 0.2) is 24.4 Å². The summed E-state index contributed by atoms with van der Waals surface area (Å²) in [5.41, 5.74) is 1.95. The number of hydrogen-bond donors (Lipinski definition) is 3. The molecule has 3 aromatic heterocycles. The Hall–Kier alpha value is -3.17. The highest BCUT2D eigenvalue weighted by molar-refractivity contribution is 5.79. The third-order valence-electron chi connectivity index (χ3n) is 5.65. The Balaban J connectivity index is 1.51. The Morgan fingerprint density at radius 2 is 2.29 bits per heavy atom. The lowest BCUT2D eigenvalue weighted by Crippen LogP contribution is -2.37. The second kappa shape index (κ2) is 5.91. The molecule has 10 heteroatoms. The first-order chi connectivity index (χ1) is 13.4. The van der Waals surface area contributed by atoms with Gasteiger partial charge in [0.15, 0.2) is 11.6 Å². The summed E-state index contributed by atoms with van der Waals surface area (Å²) in [7, 11) is 0. The van der Waals surface area contributed by atoms with Crippen molar-refractivity contribution >= 4 is 29.1 Å². The largest absolute Gasteiger partial charge is 0.480 e. The van der Waals surface area contributed by atoms with Crippen LogP contribution in [-0.4, -0.2) is 54.6 Å². The second-order valence-electron chi connectivity index (χ2n) is 7.79. The van der Waals surface area contributed by atoms with Crippen molar-refractivity contribution in [2.24, 2.45) is 0 Å². The molecule has 1 aliphatic heterocycles. The molecule has 1 saturated carbocycles. The summed E-state index contributed by atoms with van der Waals surface area (Å²) in [5.74, 6) is 0.194. The predicted octanol–water partition coefficient (Wildman–Crippen LogP) is 2.25. The van der Waals surface area contributed by atoms with Gasteiger partial charge in [0.05, 0.1) is 6.54 Å². The lowest BCUT2D eigenvalue weighted by molar-refractivity contribution is -0.138. The maximum Gasteiger partial charge on any atom is 0.326 e. The topological polar surface area (TPSA) is 111 Å². The molecule has 9 nitrogen and oxygen atoms in total. The number of aromatic nitrogens is 5. The van der Waals surface area contributed by atoms with Crippen LogP contribution in [0.3, 0.4) is 0 Å². The van der Waals surface area contributed by atoms with E-state index in [0.717, 1.165) is 18.5 Å². The Kier molecular flexibility index (Phi) is 3.58. The van der Waals surface area contributed by atoms with Crippen LogP contribution in [0, 0.1) is 0 Å². The van der Waals surface area contributed by atoms with Crippen LogP contribution in [0.5, 0.6) is 0 Å². The number of fused-ring (bicyclic) bond motifs is 1. The quantitative estimate of drug-likeness (QED) is 0.618. The number of anilines is 3. The number of aromatic amines is 1. The van der Waals surface area contributed by atoms with Gasteiger partial charge >= 0.3 is 5.97 Å². The Labute approximate surface area is 159 Å². The molecule has 0 radical (unpaired) electrons. The zero-order chi connectivity index (χ0) is 19.5. The minimum absolute atomic E-state index is 0.0475. The number of alkyl halides is 1. The Bertz CT molecular complexity index is 1060. The molecule has 2 aliphatic rings. The van der Waals surface area contributed by atoms with E-state index in [9.17, 15) is 14.3 Å². The van der Waals surface area contributed by atoms with Crippen molar-refractivity contribution < 1.29 is 14.3 Å². The van der Waals surface area contributed by atoms with Crippen molar-refractivity contribution in [3.8, 4) is 0 Å². The summed E-state index contributed by atoms with van der Waals surface area (Å²) >= 11 is 0. The molecular formula is C18H20FN7O2. The summed E-state index contributed by atoms with van der Waals surface area (Å²) in [6, 6.07) is 4.64. The fourth-order valence-electron chi connectivity index (χ4n) is 3.65. The van der Waals surface area contributed by atoms with Gasteiger partial charge in [0.25, 0.3) is 0 Å². The monoisotopic (exact) mass is 385 g/mol. The average molecular weight is 385 g/mol. The molecular weight excluding hydrogens is 365 g/mol. The maximum absolute atomic E-state index is 13.9. The number of nitrogens with one attached hydrogen (secondary N) is 2. The fourth-order valence-corrected chi connectivity index (χ4v) is 3.65. The van der Waals surface area contributed by atoms with Crippen LogP contribution in [0.25, 0.3) is 5.52 Å². The van der Waals surface area contributed by atoms with Gasteiger partial charge in [-0.1, -0.05) is 6.92 Å². The minimum Gasteiger partial charge on any atom is -0.480 e. The third-order valence-corrected chi connectivity index (χ3v) is 5.65. The average Bonchev–Trinajstić information content (AvgIpc) is 3.08. The summed E-state index contributed by atoms with van der Waals surface area (Å²) < 4.78 is 15.5. The first-order valence-electron chi connectivity index (χ1n) is 9.25. The molecule has 0 spiro atoms. The van der Waals surface area contributed by atoms with Crippen molar-refractivity contribution in [1.82, 2.24) is 24.8 Å². The normalized spacial score (nSPS) is 23.3. The minimum atomic E-state index is -1.23. The molecule has 0 amide bonds. The van der Waals surface area contributed by atoms with Gasteiger partial charge in [-0.25, -0.2) is 13.7 Å².